The Morgan fingerprint density at radius 2 is 2.24 bits per heavy atom. The first-order valence-corrected chi connectivity index (χ1v) is 7.09. The van der Waals surface area contributed by atoms with Crippen LogP contribution in [-0.2, 0) is 4.79 Å². The number of aryl methyl sites for hydroxylation is 1. The Morgan fingerprint density at radius 3 is 2.82 bits per heavy atom. The molecule has 1 fully saturated rings. The van der Waals surface area contributed by atoms with Gasteiger partial charge in [-0.25, -0.2) is 4.98 Å². The van der Waals surface area contributed by atoms with Crippen LogP contribution in [0.5, 0.6) is 0 Å². The zero-order valence-electron chi connectivity index (χ0n) is 9.21. The van der Waals surface area contributed by atoms with E-state index in [1.807, 2.05) is 0 Å². The third-order valence-corrected chi connectivity index (χ3v) is 4.34. The lowest BCUT2D eigenvalue weighted by Crippen LogP contribution is -2.26. The second-order valence-corrected chi connectivity index (χ2v) is 5.55. The maximum Gasteiger partial charge on any atom is 0.228 e. The fourth-order valence-corrected chi connectivity index (χ4v) is 2.72. The summed E-state index contributed by atoms with van der Waals surface area (Å²) in [5.41, 5.74) is 0.682. The van der Waals surface area contributed by atoms with E-state index < -0.39 is 0 Å². The second-order valence-electron chi connectivity index (χ2n) is 4.09. The molecule has 2 rings (SSSR count). The summed E-state index contributed by atoms with van der Waals surface area (Å²) < 4.78 is 0. The van der Waals surface area contributed by atoms with E-state index in [0.717, 1.165) is 5.33 Å². The highest BCUT2D eigenvalue weighted by Gasteiger charge is 2.32. The molecule has 0 saturated carbocycles. The maximum atomic E-state index is 11.9. The third-order valence-electron chi connectivity index (χ3n) is 2.77. The molecule has 0 bridgehead atoms. The Kier molecular flexibility index (Phi) is 3.95. The highest BCUT2D eigenvalue weighted by atomic mass is 79.9. The molecular formula is C11H11BrCl2N2O. The largest absolute Gasteiger partial charge is 0.295 e. The monoisotopic (exact) mass is 336 g/mol. The van der Waals surface area contributed by atoms with Gasteiger partial charge in [-0.15, -0.1) is 0 Å². The van der Waals surface area contributed by atoms with Gasteiger partial charge in [-0.3, -0.25) is 9.69 Å². The summed E-state index contributed by atoms with van der Waals surface area (Å²) in [4.78, 5) is 17.8. The molecule has 1 aromatic rings. The summed E-state index contributed by atoms with van der Waals surface area (Å²) in [5, 5.41) is 1.74. The van der Waals surface area contributed by atoms with E-state index in [4.69, 9.17) is 23.2 Å². The van der Waals surface area contributed by atoms with Gasteiger partial charge in [0.05, 0.1) is 15.7 Å². The van der Waals surface area contributed by atoms with Gasteiger partial charge in [0.1, 0.15) is 0 Å². The van der Waals surface area contributed by atoms with Gasteiger partial charge in [-0.05, 0) is 18.9 Å². The molecule has 6 heteroatoms. The lowest BCUT2D eigenvalue weighted by Gasteiger charge is -2.17. The normalized spacial score (nSPS) is 20.1. The summed E-state index contributed by atoms with van der Waals surface area (Å²) in [6, 6.07) is 1.63. The van der Waals surface area contributed by atoms with Crippen LogP contribution < -0.4 is 4.90 Å². The first-order chi connectivity index (χ1) is 8.02. The molecule has 1 amide bonds. The van der Waals surface area contributed by atoms with Crippen LogP contribution >= 0.6 is 39.1 Å². The predicted molar refractivity (Wildman–Crippen MR) is 73.2 cm³/mol. The van der Waals surface area contributed by atoms with Crippen molar-refractivity contribution in [2.45, 2.75) is 13.3 Å². The Labute approximate surface area is 118 Å². The van der Waals surface area contributed by atoms with Crippen LogP contribution in [0.15, 0.2) is 6.07 Å². The number of nitrogens with zero attached hydrogens (tertiary/aromatic N) is 2. The third kappa shape index (κ3) is 2.59. The lowest BCUT2D eigenvalue weighted by atomic mass is 10.2. The van der Waals surface area contributed by atoms with Gasteiger partial charge < -0.3 is 0 Å². The highest BCUT2D eigenvalue weighted by molar-refractivity contribution is 9.09. The quantitative estimate of drug-likeness (QED) is 0.774. The minimum absolute atomic E-state index is 0.0607. The number of alkyl halides is 1. The molecule has 0 aliphatic carbocycles. The number of carbonyl (C=O) groups is 1. The van der Waals surface area contributed by atoms with E-state index >= 15 is 0 Å². The molecule has 0 aromatic carbocycles. The van der Waals surface area contributed by atoms with Crippen molar-refractivity contribution in [3.63, 3.8) is 0 Å². The second kappa shape index (κ2) is 5.12. The minimum Gasteiger partial charge on any atom is -0.295 e. The standard InChI is InChI=1S/C11H11BrCl2N2O/c1-6-8(13)3-9(14)11(15-6)16-5-7(4-12)2-10(16)17/h3,7H,2,4-5H2,1H3. The first kappa shape index (κ1) is 13.1. The van der Waals surface area contributed by atoms with Crippen molar-refractivity contribution < 1.29 is 4.79 Å². The number of anilines is 1. The van der Waals surface area contributed by atoms with Crippen LogP contribution in [0.2, 0.25) is 10.0 Å². The van der Waals surface area contributed by atoms with Gasteiger partial charge in [0.2, 0.25) is 5.91 Å². The summed E-state index contributed by atoms with van der Waals surface area (Å²) in [6.07, 6.45) is 0.533. The van der Waals surface area contributed by atoms with E-state index in [0.29, 0.717) is 40.4 Å². The zero-order chi connectivity index (χ0) is 12.6. The van der Waals surface area contributed by atoms with Gasteiger partial charge in [0.25, 0.3) is 0 Å². The Balaban J connectivity index is 2.35. The molecule has 1 atom stereocenters. The van der Waals surface area contributed by atoms with Crippen LogP contribution in [0.3, 0.4) is 0 Å². The number of carbonyl (C=O) groups excluding carboxylic acids is 1. The van der Waals surface area contributed by atoms with E-state index in [9.17, 15) is 4.79 Å². The molecule has 2 heterocycles. The van der Waals surface area contributed by atoms with Crippen molar-refractivity contribution in [2.75, 3.05) is 16.8 Å². The molecule has 0 N–H and O–H groups in total. The average Bonchev–Trinajstić information content (AvgIpc) is 2.65. The number of pyridine rings is 1. The summed E-state index contributed by atoms with van der Waals surface area (Å²) in [7, 11) is 0. The van der Waals surface area contributed by atoms with Crippen molar-refractivity contribution in [2.24, 2.45) is 5.92 Å². The molecule has 3 nitrogen and oxygen atoms in total. The van der Waals surface area contributed by atoms with Crippen molar-refractivity contribution in [3.05, 3.63) is 21.8 Å². The molecule has 17 heavy (non-hydrogen) atoms. The van der Waals surface area contributed by atoms with Crippen molar-refractivity contribution >= 4 is 50.9 Å². The van der Waals surface area contributed by atoms with Crippen molar-refractivity contribution in [1.29, 1.82) is 0 Å². The Bertz CT molecular complexity index is 467. The van der Waals surface area contributed by atoms with Crippen molar-refractivity contribution in [1.82, 2.24) is 4.98 Å². The fourth-order valence-electron chi connectivity index (χ4n) is 1.82. The Morgan fingerprint density at radius 1 is 1.53 bits per heavy atom. The molecule has 1 aliphatic rings. The van der Waals surface area contributed by atoms with Crippen LogP contribution in [0.25, 0.3) is 0 Å². The van der Waals surface area contributed by atoms with Crippen LogP contribution in [0.4, 0.5) is 5.82 Å². The predicted octanol–water partition coefficient (Wildman–Crippen LogP) is 3.44. The van der Waals surface area contributed by atoms with E-state index in [1.165, 1.54) is 0 Å². The molecule has 1 aliphatic heterocycles. The maximum absolute atomic E-state index is 11.9. The van der Waals surface area contributed by atoms with E-state index in [-0.39, 0.29) is 5.91 Å². The molecule has 1 unspecified atom stereocenters. The van der Waals surface area contributed by atoms with Gasteiger partial charge in [-0.2, -0.15) is 0 Å². The number of hydrogen-bond acceptors (Lipinski definition) is 2. The number of rotatable bonds is 2. The van der Waals surface area contributed by atoms with Gasteiger partial charge in [-0.1, -0.05) is 39.1 Å². The average molecular weight is 338 g/mol. The SMILES string of the molecule is Cc1nc(N2CC(CBr)CC2=O)c(Cl)cc1Cl. The summed E-state index contributed by atoms with van der Waals surface area (Å²) in [6.45, 7) is 2.45. The lowest BCUT2D eigenvalue weighted by molar-refractivity contribution is -0.117. The number of hydrogen-bond donors (Lipinski definition) is 0. The van der Waals surface area contributed by atoms with Gasteiger partial charge in [0, 0.05) is 18.3 Å². The van der Waals surface area contributed by atoms with Crippen LogP contribution in [0, 0.1) is 12.8 Å². The van der Waals surface area contributed by atoms with Crippen LogP contribution in [0.1, 0.15) is 12.1 Å². The fraction of sp³-hybridized carbons (Fsp3) is 0.455. The van der Waals surface area contributed by atoms with Crippen molar-refractivity contribution in [3.8, 4) is 0 Å². The number of amides is 1. The number of aromatic nitrogens is 1. The zero-order valence-corrected chi connectivity index (χ0v) is 12.3. The van der Waals surface area contributed by atoms with Crippen LogP contribution in [-0.4, -0.2) is 22.8 Å². The minimum atomic E-state index is 0.0607. The topological polar surface area (TPSA) is 33.2 Å². The molecule has 1 aromatic heterocycles. The highest BCUT2D eigenvalue weighted by Crippen LogP contribution is 2.32. The summed E-state index contributed by atoms with van der Waals surface area (Å²) in [5.74, 6) is 0.893. The van der Waals surface area contributed by atoms with Gasteiger partial charge in [0.15, 0.2) is 5.82 Å². The molecule has 92 valence electrons. The summed E-state index contributed by atoms with van der Waals surface area (Å²) >= 11 is 15.4. The molecule has 0 radical (unpaired) electrons. The number of halogens is 3. The van der Waals surface area contributed by atoms with Gasteiger partial charge >= 0.3 is 0 Å². The first-order valence-electron chi connectivity index (χ1n) is 5.22. The van der Waals surface area contributed by atoms with E-state index in [2.05, 4.69) is 20.9 Å². The molecule has 0 spiro atoms. The van der Waals surface area contributed by atoms with E-state index in [1.54, 1.807) is 17.9 Å². The Hall–Kier alpha value is -0.320. The molecule has 1 saturated heterocycles. The molecular weight excluding hydrogens is 327 g/mol. The smallest absolute Gasteiger partial charge is 0.228 e.